The van der Waals surface area contributed by atoms with Crippen LogP contribution in [0, 0.1) is 12.3 Å². The minimum atomic E-state index is -0.321. The zero-order valence-electron chi connectivity index (χ0n) is 20.0. The molecule has 0 aliphatic heterocycles. The number of hydrogen-bond donors (Lipinski definition) is 6. The molecule has 13 heteroatoms. The van der Waals surface area contributed by atoms with Gasteiger partial charge in [-0.25, -0.2) is 0 Å². The highest BCUT2D eigenvalue weighted by Crippen LogP contribution is 1.91. The third-order valence-corrected chi connectivity index (χ3v) is 4.16. The van der Waals surface area contributed by atoms with Crippen molar-refractivity contribution < 1.29 is 38.6 Å². The first-order valence-electron chi connectivity index (χ1n) is 11.4. The van der Waals surface area contributed by atoms with E-state index in [2.05, 4.69) is 32.5 Å². The molecule has 0 fully saturated rings. The lowest BCUT2D eigenvalue weighted by Crippen LogP contribution is -2.32. The lowest BCUT2D eigenvalue weighted by molar-refractivity contribution is -0.126. The average Bonchev–Trinajstić information content (AvgIpc) is 2.84. The topological polar surface area (TPSA) is 184 Å². The summed E-state index contributed by atoms with van der Waals surface area (Å²) in [7, 11) is 0. The van der Waals surface area contributed by atoms with Crippen LogP contribution in [0.2, 0.25) is 0 Å². The molecule has 35 heavy (non-hydrogen) atoms. The Morgan fingerprint density at radius 1 is 0.571 bits per heavy atom. The molecule has 13 nitrogen and oxygen atoms in total. The third-order valence-electron chi connectivity index (χ3n) is 4.16. The van der Waals surface area contributed by atoms with Crippen LogP contribution in [0.5, 0.6) is 0 Å². The number of ether oxygens (including phenoxy) is 2. The maximum atomic E-state index is 11.7. The van der Waals surface area contributed by atoms with Crippen LogP contribution in [0.15, 0.2) is 0 Å². The molecule has 0 atom stereocenters. The molecule has 0 aromatic rings. The molecule has 0 saturated heterocycles. The van der Waals surface area contributed by atoms with Crippen LogP contribution in [0.3, 0.4) is 0 Å². The molecule has 0 rings (SSSR count). The first-order chi connectivity index (χ1) is 16.9. The second kappa shape index (κ2) is 22.6. The second-order valence-corrected chi connectivity index (χ2v) is 7.08. The van der Waals surface area contributed by atoms with Crippen molar-refractivity contribution in [2.75, 3.05) is 65.8 Å². The van der Waals surface area contributed by atoms with Crippen molar-refractivity contribution >= 4 is 29.5 Å². The molecule has 0 bridgehead atoms. The smallest absolute Gasteiger partial charge is 0.222 e. The van der Waals surface area contributed by atoms with E-state index in [4.69, 9.17) is 21.0 Å². The van der Waals surface area contributed by atoms with E-state index >= 15 is 0 Å². The highest BCUT2D eigenvalue weighted by atomic mass is 16.5. The molecule has 0 unspecified atom stereocenters. The van der Waals surface area contributed by atoms with Gasteiger partial charge in [-0.1, -0.05) is 5.92 Å². The Morgan fingerprint density at radius 2 is 0.971 bits per heavy atom. The van der Waals surface area contributed by atoms with Crippen LogP contribution in [0.1, 0.15) is 32.1 Å². The normalized spacial score (nSPS) is 10.1. The van der Waals surface area contributed by atoms with Crippen molar-refractivity contribution in [3.63, 3.8) is 0 Å². The quantitative estimate of drug-likeness (QED) is 0.0721. The number of nitrogens with one attached hydrogen (secondary N) is 5. The third kappa shape index (κ3) is 22.4. The summed E-state index contributed by atoms with van der Waals surface area (Å²) >= 11 is 0. The Hall–Kier alpha value is -3.21. The summed E-state index contributed by atoms with van der Waals surface area (Å²) in [4.78, 5) is 57.6. The standard InChI is InChI=1S/C22H37N5O8/c1-2-8-23-22(33)7-9-24-18(29)3-5-20(31)26-11-14-34-16-17-35-15-12-27-21(32)6-4-19(30)25-10-13-28/h1,28H,3-17H2,(H,23,33)(H,24,29)(H,25,30)(H,26,31)(H,27,32). The molecule has 0 aliphatic carbocycles. The summed E-state index contributed by atoms with van der Waals surface area (Å²) < 4.78 is 10.6. The van der Waals surface area contributed by atoms with Gasteiger partial charge in [0.15, 0.2) is 0 Å². The van der Waals surface area contributed by atoms with Gasteiger partial charge in [0.25, 0.3) is 0 Å². The van der Waals surface area contributed by atoms with Gasteiger partial charge in [0.1, 0.15) is 0 Å². The summed E-state index contributed by atoms with van der Waals surface area (Å²) in [6.07, 6.45) is 5.29. The number of rotatable bonds is 21. The fourth-order valence-electron chi connectivity index (χ4n) is 2.40. The first kappa shape index (κ1) is 31.8. The van der Waals surface area contributed by atoms with E-state index in [1.807, 2.05) is 0 Å². The molecule has 0 aromatic carbocycles. The number of aliphatic hydroxyl groups excluding tert-OH is 1. The summed E-state index contributed by atoms with van der Waals surface area (Å²) in [5, 5.41) is 21.4. The largest absolute Gasteiger partial charge is 0.395 e. The Morgan fingerprint density at radius 3 is 1.40 bits per heavy atom. The highest BCUT2D eigenvalue weighted by molar-refractivity contribution is 5.84. The van der Waals surface area contributed by atoms with Crippen LogP contribution < -0.4 is 26.6 Å². The predicted octanol–water partition coefficient (Wildman–Crippen LogP) is -2.82. The minimum absolute atomic E-state index is 0.0138. The lowest BCUT2D eigenvalue weighted by atomic mass is 10.2. The molecule has 198 valence electrons. The Balaban J connectivity index is 3.48. The number of carbonyl (C=O) groups is 5. The monoisotopic (exact) mass is 499 g/mol. The number of carbonyl (C=O) groups excluding carboxylic acids is 5. The molecule has 0 spiro atoms. The van der Waals surface area contributed by atoms with Gasteiger partial charge in [-0.2, -0.15) is 0 Å². The molecule has 6 N–H and O–H groups in total. The van der Waals surface area contributed by atoms with E-state index in [9.17, 15) is 24.0 Å². The van der Waals surface area contributed by atoms with E-state index in [-0.39, 0.29) is 101 Å². The molecular formula is C22H37N5O8. The fourth-order valence-corrected chi connectivity index (χ4v) is 2.40. The van der Waals surface area contributed by atoms with Gasteiger partial charge in [-0.05, 0) is 0 Å². The molecule has 0 saturated carbocycles. The van der Waals surface area contributed by atoms with Gasteiger partial charge in [0, 0.05) is 58.3 Å². The highest BCUT2D eigenvalue weighted by Gasteiger charge is 2.08. The minimum Gasteiger partial charge on any atom is -0.395 e. The fraction of sp³-hybridized carbons (Fsp3) is 0.682. The van der Waals surface area contributed by atoms with Crippen molar-refractivity contribution in [2.45, 2.75) is 32.1 Å². The van der Waals surface area contributed by atoms with Crippen LogP contribution in [-0.2, 0) is 33.4 Å². The van der Waals surface area contributed by atoms with Gasteiger partial charge in [0.05, 0.1) is 39.6 Å². The number of amides is 5. The molecule has 0 aliphatic rings. The van der Waals surface area contributed by atoms with E-state index < -0.39 is 0 Å². The van der Waals surface area contributed by atoms with Gasteiger partial charge in [-0.3, -0.25) is 24.0 Å². The predicted molar refractivity (Wildman–Crippen MR) is 126 cm³/mol. The van der Waals surface area contributed by atoms with Crippen LogP contribution in [0.4, 0.5) is 0 Å². The van der Waals surface area contributed by atoms with Crippen LogP contribution in [-0.4, -0.2) is 100 Å². The average molecular weight is 500 g/mol. The van der Waals surface area contributed by atoms with Gasteiger partial charge in [-0.15, -0.1) is 6.42 Å². The van der Waals surface area contributed by atoms with Gasteiger partial charge < -0.3 is 41.2 Å². The molecule has 0 aromatic heterocycles. The van der Waals surface area contributed by atoms with Crippen molar-refractivity contribution in [1.29, 1.82) is 0 Å². The summed E-state index contributed by atoms with van der Waals surface area (Å²) in [5.74, 6) is 0.859. The maximum absolute atomic E-state index is 11.7. The number of hydrogen-bond acceptors (Lipinski definition) is 8. The molecule has 0 heterocycles. The van der Waals surface area contributed by atoms with Crippen molar-refractivity contribution in [2.24, 2.45) is 0 Å². The summed E-state index contributed by atoms with van der Waals surface area (Å²) in [6.45, 7) is 2.12. The summed E-state index contributed by atoms with van der Waals surface area (Å²) in [6, 6.07) is 0. The molecule has 5 amide bonds. The Labute approximate surface area is 205 Å². The van der Waals surface area contributed by atoms with Crippen molar-refractivity contribution in [3.05, 3.63) is 0 Å². The van der Waals surface area contributed by atoms with E-state index in [1.165, 1.54) is 0 Å². The molecular weight excluding hydrogens is 462 g/mol. The van der Waals surface area contributed by atoms with Crippen molar-refractivity contribution in [3.8, 4) is 12.3 Å². The summed E-state index contributed by atoms with van der Waals surface area (Å²) in [5.41, 5.74) is 0. The first-order valence-corrected chi connectivity index (χ1v) is 11.4. The SMILES string of the molecule is C#CCNC(=O)CCNC(=O)CCC(=O)NCCOCCOCCNC(=O)CCC(=O)NCCO. The number of aliphatic hydroxyl groups is 1. The second-order valence-electron chi connectivity index (χ2n) is 7.08. The van der Waals surface area contributed by atoms with Crippen LogP contribution >= 0.6 is 0 Å². The van der Waals surface area contributed by atoms with E-state index in [0.717, 1.165) is 0 Å². The van der Waals surface area contributed by atoms with Crippen molar-refractivity contribution in [1.82, 2.24) is 26.6 Å². The zero-order valence-corrected chi connectivity index (χ0v) is 20.0. The Bertz CT molecular complexity index is 696. The van der Waals surface area contributed by atoms with E-state index in [1.54, 1.807) is 0 Å². The number of terminal acetylenes is 1. The maximum Gasteiger partial charge on any atom is 0.222 e. The van der Waals surface area contributed by atoms with Gasteiger partial charge >= 0.3 is 0 Å². The Kier molecular flexibility index (Phi) is 20.5. The van der Waals surface area contributed by atoms with Gasteiger partial charge in [0.2, 0.25) is 29.5 Å². The molecule has 0 radical (unpaired) electrons. The van der Waals surface area contributed by atoms with E-state index in [0.29, 0.717) is 26.4 Å². The van der Waals surface area contributed by atoms with Crippen LogP contribution in [0.25, 0.3) is 0 Å². The zero-order chi connectivity index (χ0) is 26.2. The lowest BCUT2D eigenvalue weighted by Gasteiger charge is -2.08.